The fraction of sp³-hybridized carbons (Fsp3) is 0.333. The van der Waals surface area contributed by atoms with Gasteiger partial charge in [0.15, 0.2) is 0 Å². The minimum atomic E-state index is -0.881. The lowest BCUT2D eigenvalue weighted by Gasteiger charge is -2.23. The molecule has 174 valence electrons. The smallest absolute Gasteiger partial charge is 0.407 e. The van der Waals surface area contributed by atoms with Crippen LogP contribution in [0.2, 0.25) is 0 Å². The van der Waals surface area contributed by atoms with Crippen LogP contribution in [-0.4, -0.2) is 47.2 Å². The van der Waals surface area contributed by atoms with E-state index in [1.54, 1.807) is 32.9 Å². The van der Waals surface area contributed by atoms with Crippen molar-refractivity contribution >= 4 is 23.9 Å². The summed E-state index contributed by atoms with van der Waals surface area (Å²) in [4.78, 5) is 54.6. The number of hydrogen-bond donors (Lipinski definition) is 1. The van der Waals surface area contributed by atoms with Crippen LogP contribution in [0, 0.1) is 0 Å². The van der Waals surface area contributed by atoms with Gasteiger partial charge in [-0.2, -0.15) is 0 Å². The molecule has 1 aliphatic rings. The molecular weight excluding hydrogens is 428 g/mol. The van der Waals surface area contributed by atoms with Crippen molar-refractivity contribution in [1.82, 2.24) is 10.4 Å². The molecule has 3 rings (SSSR count). The largest absolute Gasteiger partial charge is 0.444 e. The maximum atomic E-state index is 12.5. The maximum Gasteiger partial charge on any atom is 0.407 e. The van der Waals surface area contributed by atoms with E-state index in [0.717, 1.165) is 5.56 Å². The van der Waals surface area contributed by atoms with Crippen molar-refractivity contribution in [2.75, 3.05) is 6.61 Å². The first-order chi connectivity index (χ1) is 15.6. The molecular formula is C24H26N2O7. The summed E-state index contributed by atoms with van der Waals surface area (Å²) in [5.74, 6) is -2.32. The number of alkyl carbamates (subject to hydrolysis) is 1. The molecule has 0 aliphatic carbocycles. The lowest BCUT2D eigenvalue weighted by Crippen LogP contribution is -2.43. The van der Waals surface area contributed by atoms with Crippen LogP contribution in [0.25, 0.3) is 0 Å². The minimum absolute atomic E-state index is 0.0225. The van der Waals surface area contributed by atoms with E-state index in [1.807, 2.05) is 30.3 Å². The molecule has 0 spiro atoms. The Hall–Kier alpha value is -3.72. The molecule has 0 aromatic heterocycles. The average Bonchev–Trinajstić information content (AvgIpc) is 2.98. The van der Waals surface area contributed by atoms with Crippen LogP contribution >= 0.6 is 0 Å². The topological polar surface area (TPSA) is 111 Å². The first-order valence-corrected chi connectivity index (χ1v) is 10.4. The standard InChI is InChI=1S/C24H26N2O7/c1-24(2,3)32-23(30)25-17(15-31-14-16-9-5-4-6-10-16)13-20(27)33-26-21(28)18-11-7-8-12-19(18)22(26)29/h4-12,17H,13-15H2,1-3H3,(H,25,30)/t17-/m1/s1. The molecule has 33 heavy (non-hydrogen) atoms. The van der Waals surface area contributed by atoms with Crippen molar-refractivity contribution in [3.8, 4) is 0 Å². The zero-order valence-corrected chi connectivity index (χ0v) is 18.7. The second-order valence-electron chi connectivity index (χ2n) is 8.46. The van der Waals surface area contributed by atoms with Gasteiger partial charge < -0.3 is 19.6 Å². The van der Waals surface area contributed by atoms with Gasteiger partial charge in [-0.15, -0.1) is 0 Å². The molecule has 0 unspecified atom stereocenters. The summed E-state index contributed by atoms with van der Waals surface area (Å²) in [6, 6.07) is 14.8. The summed E-state index contributed by atoms with van der Waals surface area (Å²) < 4.78 is 10.9. The van der Waals surface area contributed by atoms with Gasteiger partial charge in [-0.1, -0.05) is 47.5 Å². The quantitative estimate of drug-likeness (QED) is 0.610. The number of carbonyl (C=O) groups excluding carboxylic acids is 4. The van der Waals surface area contributed by atoms with Crippen LogP contribution in [0.3, 0.4) is 0 Å². The molecule has 1 N–H and O–H groups in total. The zero-order chi connectivity index (χ0) is 24.0. The Morgan fingerprint density at radius 1 is 0.939 bits per heavy atom. The number of nitrogens with one attached hydrogen (secondary N) is 1. The van der Waals surface area contributed by atoms with Crippen molar-refractivity contribution < 1.29 is 33.5 Å². The Morgan fingerprint density at radius 2 is 1.52 bits per heavy atom. The number of fused-ring (bicyclic) bond motifs is 1. The number of nitrogens with zero attached hydrogens (tertiary/aromatic N) is 1. The molecule has 0 radical (unpaired) electrons. The molecule has 0 bridgehead atoms. The van der Waals surface area contributed by atoms with Gasteiger partial charge in [0.1, 0.15) is 5.60 Å². The first kappa shape index (κ1) is 23.9. The average molecular weight is 454 g/mol. The number of ether oxygens (including phenoxy) is 2. The van der Waals surface area contributed by atoms with Gasteiger partial charge in [-0.3, -0.25) is 9.59 Å². The Morgan fingerprint density at radius 3 is 2.09 bits per heavy atom. The van der Waals surface area contributed by atoms with Gasteiger partial charge in [0.2, 0.25) is 0 Å². The van der Waals surface area contributed by atoms with Crippen molar-refractivity contribution in [3.63, 3.8) is 0 Å². The molecule has 0 saturated carbocycles. The molecule has 9 heteroatoms. The summed E-state index contributed by atoms with van der Waals surface area (Å²) >= 11 is 0. The summed E-state index contributed by atoms with van der Waals surface area (Å²) in [5.41, 5.74) is 0.497. The van der Waals surface area contributed by atoms with E-state index in [0.29, 0.717) is 5.06 Å². The molecule has 1 heterocycles. The van der Waals surface area contributed by atoms with E-state index in [9.17, 15) is 19.2 Å². The Labute approximate surface area is 191 Å². The van der Waals surface area contributed by atoms with Gasteiger partial charge in [-0.25, -0.2) is 9.59 Å². The van der Waals surface area contributed by atoms with E-state index < -0.39 is 35.5 Å². The number of carbonyl (C=O) groups is 4. The van der Waals surface area contributed by atoms with Crippen molar-refractivity contribution in [3.05, 3.63) is 71.3 Å². The second-order valence-corrected chi connectivity index (χ2v) is 8.46. The van der Waals surface area contributed by atoms with Crippen LogP contribution in [0.1, 0.15) is 53.5 Å². The minimum Gasteiger partial charge on any atom is -0.444 e. The van der Waals surface area contributed by atoms with E-state index >= 15 is 0 Å². The van der Waals surface area contributed by atoms with E-state index in [2.05, 4.69) is 5.32 Å². The third kappa shape index (κ3) is 6.63. The van der Waals surface area contributed by atoms with Gasteiger partial charge in [0, 0.05) is 0 Å². The van der Waals surface area contributed by atoms with Crippen molar-refractivity contribution in [2.24, 2.45) is 0 Å². The highest BCUT2D eigenvalue weighted by Gasteiger charge is 2.39. The summed E-state index contributed by atoms with van der Waals surface area (Å²) in [5, 5.41) is 3.01. The molecule has 3 amide bonds. The van der Waals surface area contributed by atoms with Crippen LogP contribution in [0.15, 0.2) is 54.6 Å². The highest BCUT2D eigenvalue weighted by molar-refractivity contribution is 6.20. The molecule has 0 saturated heterocycles. The Bertz CT molecular complexity index is 996. The number of rotatable bonds is 8. The van der Waals surface area contributed by atoms with E-state index in [-0.39, 0.29) is 30.8 Å². The number of benzene rings is 2. The van der Waals surface area contributed by atoms with Gasteiger partial charge in [-0.05, 0) is 38.5 Å². The summed E-state index contributed by atoms with van der Waals surface area (Å²) in [6.07, 6.45) is -1.08. The molecule has 2 aromatic carbocycles. The van der Waals surface area contributed by atoms with Crippen molar-refractivity contribution in [2.45, 2.75) is 45.4 Å². The van der Waals surface area contributed by atoms with E-state index in [1.165, 1.54) is 12.1 Å². The SMILES string of the molecule is CC(C)(C)OC(=O)N[C@@H](COCc1ccccc1)CC(=O)ON1C(=O)c2ccccc2C1=O. The Kier molecular flexibility index (Phi) is 7.44. The fourth-order valence-corrected chi connectivity index (χ4v) is 3.11. The monoisotopic (exact) mass is 454 g/mol. The molecule has 0 fully saturated rings. The second kappa shape index (κ2) is 10.3. The van der Waals surface area contributed by atoms with Gasteiger partial charge in [0.05, 0.1) is 36.8 Å². The van der Waals surface area contributed by atoms with Gasteiger partial charge >= 0.3 is 12.1 Å². The molecule has 1 atom stereocenters. The van der Waals surface area contributed by atoms with E-state index in [4.69, 9.17) is 14.3 Å². The van der Waals surface area contributed by atoms with Gasteiger partial charge in [0.25, 0.3) is 11.8 Å². The Balaban J connectivity index is 1.61. The highest BCUT2D eigenvalue weighted by atomic mass is 16.7. The highest BCUT2D eigenvalue weighted by Crippen LogP contribution is 2.23. The van der Waals surface area contributed by atoms with Crippen molar-refractivity contribution in [1.29, 1.82) is 0 Å². The number of hydrogen-bond acceptors (Lipinski definition) is 7. The fourth-order valence-electron chi connectivity index (χ4n) is 3.11. The maximum absolute atomic E-state index is 12.5. The predicted molar refractivity (Wildman–Crippen MR) is 117 cm³/mol. The number of hydroxylamine groups is 2. The zero-order valence-electron chi connectivity index (χ0n) is 18.7. The predicted octanol–water partition coefficient (Wildman–Crippen LogP) is 3.24. The third-order valence-electron chi connectivity index (χ3n) is 4.51. The van der Waals surface area contributed by atoms with Crippen LogP contribution in [0.5, 0.6) is 0 Å². The van der Waals surface area contributed by atoms with Crippen LogP contribution < -0.4 is 5.32 Å². The first-order valence-electron chi connectivity index (χ1n) is 10.4. The normalized spacial score (nSPS) is 14.0. The van der Waals surface area contributed by atoms with Crippen LogP contribution in [-0.2, 0) is 25.7 Å². The molecule has 2 aromatic rings. The summed E-state index contributed by atoms with van der Waals surface area (Å²) in [6.45, 7) is 5.38. The third-order valence-corrected chi connectivity index (χ3v) is 4.51. The molecule has 1 aliphatic heterocycles. The lowest BCUT2D eigenvalue weighted by atomic mass is 10.1. The number of imide groups is 1. The lowest BCUT2D eigenvalue weighted by molar-refractivity contribution is -0.169. The number of amides is 3. The molecule has 9 nitrogen and oxygen atoms in total. The summed E-state index contributed by atoms with van der Waals surface area (Å²) in [7, 11) is 0. The van der Waals surface area contributed by atoms with Crippen LogP contribution in [0.4, 0.5) is 4.79 Å².